The van der Waals surface area contributed by atoms with E-state index >= 15 is 0 Å². The number of carbonyl (C=O) groups excluding carboxylic acids is 1. The summed E-state index contributed by atoms with van der Waals surface area (Å²) in [5.74, 6) is -0.391. The van der Waals surface area contributed by atoms with E-state index in [1.165, 1.54) is 13.0 Å². The summed E-state index contributed by atoms with van der Waals surface area (Å²) in [5.41, 5.74) is 0.332. The van der Waals surface area contributed by atoms with Crippen molar-refractivity contribution >= 4 is 25.0 Å². The molecule has 0 saturated heterocycles. The maximum Gasteiger partial charge on any atom is 0.362 e. The normalized spacial score (nSPS) is 15.0. The number of rotatable bonds is 8. The molecule has 0 saturated carbocycles. The quantitative estimate of drug-likeness (QED) is 0.537. The van der Waals surface area contributed by atoms with Crippen LogP contribution < -0.4 is 0 Å². The molecule has 0 aromatic heterocycles. The molecule has 0 aliphatic heterocycles. The van der Waals surface area contributed by atoms with E-state index in [-0.39, 0.29) is 0 Å². The van der Waals surface area contributed by atoms with Gasteiger partial charge in [-0.05, 0) is 46.8 Å². The van der Waals surface area contributed by atoms with Crippen LogP contribution in [0.3, 0.4) is 0 Å². The molecule has 5 nitrogen and oxygen atoms in total. The van der Waals surface area contributed by atoms with E-state index in [1.807, 2.05) is 0 Å². The van der Waals surface area contributed by atoms with Crippen LogP contribution in [0.1, 0.15) is 51.4 Å². The molecule has 0 amide bonds. The van der Waals surface area contributed by atoms with Crippen LogP contribution >= 0.6 is 19.2 Å². The Morgan fingerprint density at radius 3 is 2.22 bits per heavy atom. The van der Waals surface area contributed by atoms with Gasteiger partial charge >= 0.3 is 7.60 Å². The van der Waals surface area contributed by atoms with E-state index < -0.39 is 37.3 Å². The predicted molar refractivity (Wildman–Crippen MR) is 91.1 cm³/mol. The molecule has 0 radical (unpaired) electrons. The van der Waals surface area contributed by atoms with Crippen LogP contribution in [0.2, 0.25) is 5.02 Å². The Morgan fingerprint density at radius 2 is 1.78 bits per heavy atom. The highest BCUT2D eigenvalue weighted by molar-refractivity contribution is 7.55. The van der Waals surface area contributed by atoms with Gasteiger partial charge in [0.25, 0.3) is 0 Å². The monoisotopic (exact) mass is 362 g/mol. The van der Waals surface area contributed by atoms with Crippen LogP contribution in [0.4, 0.5) is 0 Å². The van der Waals surface area contributed by atoms with Crippen LogP contribution in [0.15, 0.2) is 24.3 Å². The van der Waals surface area contributed by atoms with E-state index in [0.717, 1.165) is 0 Å². The van der Waals surface area contributed by atoms with Gasteiger partial charge in [0.05, 0.1) is 18.6 Å². The molecule has 0 aliphatic rings. The molecule has 0 spiro atoms. The van der Waals surface area contributed by atoms with Crippen molar-refractivity contribution in [3.05, 3.63) is 34.9 Å². The largest absolute Gasteiger partial charge is 0.377 e. The van der Waals surface area contributed by atoms with E-state index in [9.17, 15) is 14.5 Å². The Hall–Kier alpha value is -0.710. The molecule has 0 unspecified atom stereocenters. The molecule has 1 N–H and O–H groups in total. The van der Waals surface area contributed by atoms with Crippen LogP contribution in [0.25, 0.3) is 0 Å². The van der Waals surface area contributed by atoms with Gasteiger partial charge in [0.1, 0.15) is 0 Å². The fraction of sp³-hybridized carbons (Fsp3) is 0.562. The first kappa shape index (κ1) is 20.3. The predicted octanol–water partition coefficient (Wildman–Crippen LogP) is 4.66. The Bertz CT molecular complexity index is 584. The first-order chi connectivity index (χ1) is 10.5. The topological polar surface area (TPSA) is 72.8 Å². The maximum atomic E-state index is 13.0. The minimum atomic E-state index is -3.92. The summed E-state index contributed by atoms with van der Waals surface area (Å²) in [6.45, 7) is 8.04. The summed E-state index contributed by atoms with van der Waals surface area (Å²) >= 11 is 5.87. The molecule has 0 bridgehead atoms. The zero-order valence-corrected chi connectivity index (χ0v) is 15.7. The van der Waals surface area contributed by atoms with Crippen molar-refractivity contribution in [3.8, 4) is 0 Å². The zero-order valence-electron chi connectivity index (χ0n) is 14.1. The van der Waals surface area contributed by atoms with E-state index in [0.29, 0.717) is 10.6 Å². The Morgan fingerprint density at radius 1 is 1.26 bits per heavy atom. The first-order valence-corrected chi connectivity index (χ1v) is 9.37. The number of carbonyl (C=O) groups is 1. The van der Waals surface area contributed by atoms with Crippen LogP contribution in [-0.2, 0) is 13.6 Å². The van der Waals surface area contributed by atoms with Gasteiger partial charge in [-0.3, -0.25) is 9.36 Å². The lowest BCUT2D eigenvalue weighted by molar-refractivity contribution is 0.0459. The summed E-state index contributed by atoms with van der Waals surface area (Å²) < 4.78 is 23.8. The molecule has 0 fully saturated rings. The summed E-state index contributed by atoms with van der Waals surface area (Å²) in [6.07, 6.45) is -1.25. The average Bonchev–Trinajstić information content (AvgIpc) is 2.35. The van der Waals surface area contributed by atoms with Crippen LogP contribution in [-0.4, -0.2) is 28.4 Å². The second-order valence-electron chi connectivity index (χ2n) is 6.13. The fourth-order valence-corrected chi connectivity index (χ4v) is 4.11. The molecule has 0 heterocycles. The summed E-state index contributed by atoms with van der Waals surface area (Å²) in [7, 11) is -3.92. The van der Waals surface area contributed by atoms with Gasteiger partial charge in [-0.1, -0.05) is 23.7 Å². The highest BCUT2D eigenvalue weighted by atomic mass is 35.5. The van der Waals surface area contributed by atoms with E-state index in [1.54, 1.807) is 45.9 Å². The molecular weight excluding hydrogens is 339 g/mol. The fourth-order valence-electron chi connectivity index (χ4n) is 1.97. The van der Waals surface area contributed by atoms with Crippen molar-refractivity contribution in [1.29, 1.82) is 0 Å². The maximum absolute atomic E-state index is 13.0. The van der Waals surface area contributed by atoms with Gasteiger partial charge in [0.15, 0.2) is 11.1 Å². The molecule has 1 aromatic carbocycles. The Balaban J connectivity index is 3.05. The van der Waals surface area contributed by atoms with Gasteiger partial charge in [-0.2, -0.15) is 0 Å². The third kappa shape index (κ3) is 5.70. The molecule has 7 heteroatoms. The molecular formula is C16H24ClO5P. The number of ketones is 1. The number of hydrogen-bond acceptors (Lipinski definition) is 5. The minimum Gasteiger partial charge on any atom is -0.377 e. The van der Waals surface area contributed by atoms with Gasteiger partial charge in [-0.15, -0.1) is 0 Å². The van der Waals surface area contributed by atoms with Gasteiger partial charge < -0.3 is 14.2 Å². The van der Waals surface area contributed by atoms with Crippen molar-refractivity contribution in [1.82, 2.24) is 0 Å². The van der Waals surface area contributed by atoms with E-state index in [2.05, 4.69) is 0 Å². The lowest BCUT2D eigenvalue weighted by Crippen LogP contribution is -2.32. The molecule has 130 valence electrons. The van der Waals surface area contributed by atoms with Crippen molar-refractivity contribution in [3.63, 3.8) is 0 Å². The van der Waals surface area contributed by atoms with Crippen LogP contribution in [0.5, 0.6) is 0 Å². The van der Waals surface area contributed by atoms with Crippen LogP contribution in [0, 0.1) is 0 Å². The molecule has 1 atom stereocenters. The summed E-state index contributed by atoms with van der Waals surface area (Å²) in [4.78, 5) is 12.4. The second kappa shape index (κ2) is 7.91. The lowest BCUT2D eigenvalue weighted by atomic mass is 10.1. The second-order valence-corrected chi connectivity index (χ2v) is 8.95. The molecule has 1 rings (SSSR count). The Labute approximate surface area is 142 Å². The Kier molecular flexibility index (Phi) is 6.99. The SMILES string of the molecule is CC(C)OP(=O)(OC(C)C)[C@@](C)(O)CC(=O)c1cccc(Cl)c1. The third-order valence-electron chi connectivity index (χ3n) is 2.93. The number of hydrogen-bond donors (Lipinski definition) is 1. The van der Waals surface area contributed by atoms with Crippen molar-refractivity contribution in [2.75, 3.05) is 0 Å². The number of benzene rings is 1. The lowest BCUT2D eigenvalue weighted by Gasteiger charge is -2.33. The third-order valence-corrected chi connectivity index (χ3v) is 5.90. The van der Waals surface area contributed by atoms with Crippen molar-refractivity contribution in [2.45, 2.75) is 58.6 Å². The highest BCUT2D eigenvalue weighted by Gasteiger charge is 2.48. The first-order valence-electron chi connectivity index (χ1n) is 7.45. The molecule has 23 heavy (non-hydrogen) atoms. The number of Topliss-reactive ketones (excluding diaryl/α,β-unsaturated/α-hetero) is 1. The summed E-state index contributed by atoms with van der Waals surface area (Å²) in [6, 6.07) is 6.36. The average molecular weight is 363 g/mol. The zero-order chi connectivity index (χ0) is 17.8. The smallest absolute Gasteiger partial charge is 0.362 e. The minimum absolute atomic E-state index is 0.332. The highest BCUT2D eigenvalue weighted by Crippen LogP contribution is 2.61. The number of halogens is 1. The van der Waals surface area contributed by atoms with E-state index in [4.69, 9.17) is 20.6 Å². The molecule has 0 aliphatic carbocycles. The standard InChI is InChI=1S/C16H24ClO5P/c1-11(2)21-23(20,22-12(3)4)16(5,19)10-15(18)13-7-6-8-14(17)9-13/h6-9,11-12,19H,10H2,1-5H3/t16-/m1/s1. The summed E-state index contributed by atoms with van der Waals surface area (Å²) in [5, 5.41) is 9.13. The van der Waals surface area contributed by atoms with Gasteiger partial charge in [-0.25, -0.2) is 0 Å². The number of aliphatic hydroxyl groups is 1. The van der Waals surface area contributed by atoms with Gasteiger partial charge in [0.2, 0.25) is 0 Å². The van der Waals surface area contributed by atoms with Gasteiger partial charge in [0, 0.05) is 10.6 Å². The molecule has 1 aromatic rings. The van der Waals surface area contributed by atoms with Crippen molar-refractivity contribution < 1.29 is 23.5 Å². The van der Waals surface area contributed by atoms with Crippen molar-refractivity contribution in [2.24, 2.45) is 0 Å².